The predicted octanol–water partition coefficient (Wildman–Crippen LogP) is 3.22. The zero-order valence-electron chi connectivity index (χ0n) is 13.1. The van der Waals surface area contributed by atoms with Crippen molar-refractivity contribution >= 4 is 17.6 Å². The predicted molar refractivity (Wildman–Crippen MR) is 89.7 cm³/mol. The Morgan fingerprint density at radius 1 is 1.50 bits per heavy atom. The number of aromatic nitrogens is 1. The van der Waals surface area contributed by atoms with Gasteiger partial charge in [0.2, 0.25) is 0 Å². The summed E-state index contributed by atoms with van der Waals surface area (Å²) < 4.78 is 0. The molecule has 0 amide bonds. The standard InChI is InChI=1S/C16H27N3S/c1-5-15-11-19(6-7-20-15)16-13(4)8-14(10-18-16)9-17-12(2)3/h8,10,12,15,17H,5-7,9,11H2,1-4H3. The summed E-state index contributed by atoms with van der Waals surface area (Å²) in [5.41, 5.74) is 2.58. The van der Waals surface area contributed by atoms with Gasteiger partial charge in [0.05, 0.1) is 0 Å². The molecule has 0 radical (unpaired) electrons. The summed E-state index contributed by atoms with van der Waals surface area (Å²) in [5, 5.41) is 4.20. The summed E-state index contributed by atoms with van der Waals surface area (Å²) in [7, 11) is 0. The van der Waals surface area contributed by atoms with Crippen LogP contribution in [0.2, 0.25) is 0 Å². The van der Waals surface area contributed by atoms with Crippen molar-refractivity contribution in [1.29, 1.82) is 0 Å². The van der Waals surface area contributed by atoms with Crippen LogP contribution >= 0.6 is 11.8 Å². The minimum atomic E-state index is 0.513. The van der Waals surface area contributed by atoms with Crippen LogP contribution in [0.25, 0.3) is 0 Å². The van der Waals surface area contributed by atoms with Crippen molar-refractivity contribution < 1.29 is 0 Å². The fourth-order valence-electron chi connectivity index (χ4n) is 2.53. The van der Waals surface area contributed by atoms with Gasteiger partial charge in [0.1, 0.15) is 5.82 Å². The van der Waals surface area contributed by atoms with Crippen LogP contribution in [-0.2, 0) is 6.54 Å². The number of nitrogens with zero attached hydrogens (tertiary/aromatic N) is 2. The summed E-state index contributed by atoms with van der Waals surface area (Å²) in [5.74, 6) is 2.40. The molecule has 1 saturated heterocycles. The van der Waals surface area contributed by atoms with Crippen LogP contribution < -0.4 is 10.2 Å². The molecular formula is C16H27N3S. The quantitative estimate of drug-likeness (QED) is 0.902. The SMILES string of the molecule is CCC1CN(c2ncc(CNC(C)C)cc2C)CCS1. The zero-order valence-corrected chi connectivity index (χ0v) is 14.0. The molecule has 1 aromatic heterocycles. The second-order valence-electron chi connectivity index (χ2n) is 5.87. The van der Waals surface area contributed by atoms with Gasteiger partial charge in [-0.1, -0.05) is 20.8 Å². The molecule has 1 atom stereocenters. The number of anilines is 1. The Kier molecular flexibility index (Phi) is 5.73. The zero-order chi connectivity index (χ0) is 14.5. The van der Waals surface area contributed by atoms with Crippen molar-refractivity contribution in [3.63, 3.8) is 0 Å². The largest absolute Gasteiger partial charge is 0.354 e. The molecule has 4 heteroatoms. The second-order valence-corrected chi connectivity index (χ2v) is 7.27. The number of rotatable bonds is 5. The number of pyridine rings is 1. The van der Waals surface area contributed by atoms with E-state index in [0.29, 0.717) is 6.04 Å². The van der Waals surface area contributed by atoms with E-state index in [0.717, 1.165) is 24.9 Å². The van der Waals surface area contributed by atoms with E-state index in [1.165, 1.54) is 29.1 Å². The Balaban J connectivity index is 2.05. The Bertz CT molecular complexity index is 434. The lowest BCUT2D eigenvalue weighted by Crippen LogP contribution is -2.38. The first-order chi connectivity index (χ1) is 9.60. The van der Waals surface area contributed by atoms with Crippen molar-refractivity contribution in [1.82, 2.24) is 10.3 Å². The van der Waals surface area contributed by atoms with Gasteiger partial charge in [-0.05, 0) is 30.5 Å². The summed E-state index contributed by atoms with van der Waals surface area (Å²) >= 11 is 2.10. The summed E-state index contributed by atoms with van der Waals surface area (Å²) in [6.45, 7) is 12.0. The molecule has 1 aliphatic rings. The Morgan fingerprint density at radius 3 is 2.95 bits per heavy atom. The highest BCUT2D eigenvalue weighted by Crippen LogP contribution is 2.26. The molecule has 1 fully saturated rings. The lowest BCUT2D eigenvalue weighted by atomic mass is 10.1. The van der Waals surface area contributed by atoms with Gasteiger partial charge < -0.3 is 10.2 Å². The number of nitrogens with one attached hydrogen (secondary N) is 1. The maximum absolute atomic E-state index is 4.73. The smallest absolute Gasteiger partial charge is 0.131 e. The van der Waals surface area contributed by atoms with Crippen molar-refractivity contribution in [2.24, 2.45) is 0 Å². The van der Waals surface area contributed by atoms with E-state index in [9.17, 15) is 0 Å². The molecule has 20 heavy (non-hydrogen) atoms. The van der Waals surface area contributed by atoms with E-state index in [-0.39, 0.29) is 0 Å². The number of hydrogen-bond acceptors (Lipinski definition) is 4. The molecule has 0 bridgehead atoms. The van der Waals surface area contributed by atoms with Crippen molar-refractivity contribution in [2.75, 3.05) is 23.7 Å². The Hall–Kier alpha value is -0.740. The van der Waals surface area contributed by atoms with E-state index < -0.39 is 0 Å². The van der Waals surface area contributed by atoms with Gasteiger partial charge in [-0.15, -0.1) is 0 Å². The molecule has 3 nitrogen and oxygen atoms in total. The van der Waals surface area contributed by atoms with E-state index >= 15 is 0 Å². The Morgan fingerprint density at radius 2 is 2.30 bits per heavy atom. The van der Waals surface area contributed by atoms with Crippen LogP contribution in [0.4, 0.5) is 5.82 Å². The first-order valence-corrected chi connectivity index (χ1v) is 8.70. The first kappa shape index (κ1) is 15.6. The third-order valence-corrected chi connectivity index (χ3v) is 5.09. The molecule has 0 saturated carbocycles. The molecule has 1 aliphatic heterocycles. The van der Waals surface area contributed by atoms with E-state index in [2.05, 4.69) is 55.7 Å². The molecule has 2 rings (SSSR count). The topological polar surface area (TPSA) is 28.2 Å². The fourth-order valence-corrected chi connectivity index (χ4v) is 3.71. The van der Waals surface area contributed by atoms with Gasteiger partial charge >= 0.3 is 0 Å². The average Bonchev–Trinajstić information content (AvgIpc) is 2.45. The van der Waals surface area contributed by atoms with E-state index in [4.69, 9.17) is 4.98 Å². The van der Waals surface area contributed by atoms with E-state index in [1.54, 1.807) is 0 Å². The molecule has 0 aliphatic carbocycles. The number of thioether (sulfide) groups is 1. The number of hydrogen-bond donors (Lipinski definition) is 1. The molecule has 1 N–H and O–H groups in total. The molecule has 0 aromatic carbocycles. The normalized spacial score (nSPS) is 19.6. The summed E-state index contributed by atoms with van der Waals surface area (Å²) in [4.78, 5) is 7.18. The molecule has 1 aromatic rings. The van der Waals surface area contributed by atoms with Gasteiger partial charge in [-0.25, -0.2) is 4.98 Å². The number of aryl methyl sites for hydroxylation is 1. The van der Waals surface area contributed by atoms with Crippen LogP contribution in [0, 0.1) is 6.92 Å². The molecule has 2 heterocycles. The van der Waals surface area contributed by atoms with Gasteiger partial charge in [-0.2, -0.15) is 11.8 Å². The van der Waals surface area contributed by atoms with Crippen LogP contribution in [0.15, 0.2) is 12.3 Å². The second kappa shape index (κ2) is 7.32. The third-order valence-electron chi connectivity index (χ3n) is 3.72. The fraction of sp³-hybridized carbons (Fsp3) is 0.688. The van der Waals surface area contributed by atoms with E-state index in [1.807, 2.05) is 6.20 Å². The van der Waals surface area contributed by atoms with Crippen LogP contribution in [0.3, 0.4) is 0 Å². The molecular weight excluding hydrogens is 266 g/mol. The van der Waals surface area contributed by atoms with Gasteiger partial charge in [0.25, 0.3) is 0 Å². The first-order valence-electron chi connectivity index (χ1n) is 7.65. The third kappa shape index (κ3) is 4.13. The maximum Gasteiger partial charge on any atom is 0.131 e. The highest BCUT2D eigenvalue weighted by atomic mass is 32.2. The minimum Gasteiger partial charge on any atom is -0.354 e. The summed E-state index contributed by atoms with van der Waals surface area (Å²) in [6.07, 6.45) is 3.27. The molecule has 1 unspecified atom stereocenters. The molecule has 112 valence electrons. The maximum atomic E-state index is 4.73. The monoisotopic (exact) mass is 293 g/mol. The average molecular weight is 293 g/mol. The highest BCUT2D eigenvalue weighted by molar-refractivity contribution is 8.00. The highest BCUT2D eigenvalue weighted by Gasteiger charge is 2.21. The van der Waals surface area contributed by atoms with Crippen molar-refractivity contribution in [2.45, 2.75) is 52.0 Å². The lowest BCUT2D eigenvalue weighted by Gasteiger charge is -2.33. The van der Waals surface area contributed by atoms with Gasteiger partial charge in [0, 0.05) is 42.9 Å². The van der Waals surface area contributed by atoms with Crippen molar-refractivity contribution in [3.05, 3.63) is 23.4 Å². The lowest BCUT2D eigenvalue weighted by molar-refractivity contribution is 0.587. The summed E-state index contributed by atoms with van der Waals surface area (Å²) in [6, 6.07) is 2.79. The van der Waals surface area contributed by atoms with Gasteiger partial charge in [-0.3, -0.25) is 0 Å². The van der Waals surface area contributed by atoms with Crippen LogP contribution in [0.5, 0.6) is 0 Å². The molecule has 0 spiro atoms. The van der Waals surface area contributed by atoms with Crippen LogP contribution in [0.1, 0.15) is 38.3 Å². The van der Waals surface area contributed by atoms with Crippen LogP contribution in [-0.4, -0.2) is 35.1 Å². The minimum absolute atomic E-state index is 0.513. The van der Waals surface area contributed by atoms with Gasteiger partial charge in [0.15, 0.2) is 0 Å². The Labute approximate surface area is 127 Å². The van der Waals surface area contributed by atoms with Crippen molar-refractivity contribution in [3.8, 4) is 0 Å².